The highest BCUT2D eigenvalue weighted by Gasteiger charge is 2.31. The Bertz CT molecular complexity index is 315. The number of hydrogen-bond acceptors (Lipinski definition) is 2. The van der Waals surface area contributed by atoms with Crippen LogP contribution in [0.2, 0.25) is 0 Å². The fraction of sp³-hybridized carbons (Fsp3) is 0.941. The van der Waals surface area contributed by atoms with Crippen molar-refractivity contribution < 1.29 is 4.79 Å². The van der Waals surface area contributed by atoms with Gasteiger partial charge in [0.1, 0.15) is 0 Å². The van der Waals surface area contributed by atoms with Crippen LogP contribution in [0.15, 0.2) is 0 Å². The number of rotatable bonds is 4. The Morgan fingerprint density at radius 3 is 2.65 bits per heavy atom. The molecule has 0 radical (unpaired) electrons. The van der Waals surface area contributed by atoms with Crippen LogP contribution in [0.25, 0.3) is 0 Å². The van der Waals surface area contributed by atoms with Gasteiger partial charge in [0.25, 0.3) is 0 Å². The Balaban J connectivity index is 1.77. The molecule has 2 saturated heterocycles. The molecule has 2 unspecified atom stereocenters. The monoisotopic (exact) mass is 280 g/mol. The lowest BCUT2D eigenvalue weighted by atomic mass is 9.78. The highest BCUT2D eigenvalue weighted by Crippen LogP contribution is 2.34. The van der Waals surface area contributed by atoms with Crippen LogP contribution in [0, 0.1) is 17.3 Å². The lowest BCUT2D eigenvalue weighted by Gasteiger charge is -2.39. The summed E-state index contributed by atoms with van der Waals surface area (Å²) >= 11 is 0. The molecule has 116 valence electrons. The molecule has 2 aliphatic heterocycles. The topological polar surface area (TPSA) is 32.3 Å². The minimum Gasteiger partial charge on any atom is -0.343 e. The van der Waals surface area contributed by atoms with Crippen molar-refractivity contribution in [1.29, 1.82) is 0 Å². The molecule has 0 bridgehead atoms. The molecule has 2 heterocycles. The number of carbonyl (C=O) groups is 1. The molecule has 2 rings (SSSR count). The fourth-order valence-electron chi connectivity index (χ4n) is 3.59. The van der Waals surface area contributed by atoms with Gasteiger partial charge in [-0.15, -0.1) is 0 Å². The number of amides is 1. The van der Waals surface area contributed by atoms with Crippen molar-refractivity contribution in [3.63, 3.8) is 0 Å². The van der Waals surface area contributed by atoms with E-state index in [0.29, 0.717) is 23.2 Å². The SMILES string of the molecule is CCC1(C)CCN(C(=O)CC(C)C2CCCNC2)CC1. The van der Waals surface area contributed by atoms with E-state index in [9.17, 15) is 4.79 Å². The number of carbonyl (C=O) groups excluding carboxylic acids is 1. The Kier molecular flexibility index (Phi) is 5.48. The molecule has 1 amide bonds. The third-order valence-corrected chi connectivity index (χ3v) is 5.81. The van der Waals surface area contributed by atoms with Crippen molar-refractivity contribution in [2.45, 2.75) is 59.3 Å². The zero-order chi connectivity index (χ0) is 14.6. The van der Waals surface area contributed by atoms with Gasteiger partial charge in [0.05, 0.1) is 0 Å². The highest BCUT2D eigenvalue weighted by atomic mass is 16.2. The summed E-state index contributed by atoms with van der Waals surface area (Å²) < 4.78 is 0. The first-order chi connectivity index (χ1) is 9.54. The summed E-state index contributed by atoms with van der Waals surface area (Å²) in [7, 11) is 0. The van der Waals surface area contributed by atoms with Gasteiger partial charge >= 0.3 is 0 Å². The molecule has 0 aromatic rings. The molecule has 3 nitrogen and oxygen atoms in total. The number of nitrogens with zero attached hydrogens (tertiary/aromatic N) is 1. The van der Waals surface area contributed by atoms with E-state index < -0.39 is 0 Å². The van der Waals surface area contributed by atoms with Crippen LogP contribution in [0.3, 0.4) is 0 Å². The molecule has 0 aromatic carbocycles. The summed E-state index contributed by atoms with van der Waals surface area (Å²) in [4.78, 5) is 14.6. The van der Waals surface area contributed by atoms with E-state index in [1.165, 1.54) is 32.1 Å². The van der Waals surface area contributed by atoms with Crippen LogP contribution in [0.5, 0.6) is 0 Å². The van der Waals surface area contributed by atoms with E-state index >= 15 is 0 Å². The number of likely N-dealkylation sites (tertiary alicyclic amines) is 1. The number of nitrogens with one attached hydrogen (secondary N) is 1. The van der Waals surface area contributed by atoms with Crippen molar-refractivity contribution >= 4 is 5.91 Å². The average Bonchev–Trinajstić information content (AvgIpc) is 2.48. The van der Waals surface area contributed by atoms with Crippen LogP contribution in [0.4, 0.5) is 0 Å². The first-order valence-electron chi connectivity index (χ1n) is 8.52. The van der Waals surface area contributed by atoms with E-state index in [1.54, 1.807) is 0 Å². The predicted molar refractivity (Wildman–Crippen MR) is 83.6 cm³/mol. The summed E-state index contributed by atoms with van der Waals surface area (Å²) in [5.41, 5.74) is 0.468. The number of piperidine rings is 2. The molecule has 0 saturated carbocycles. The Hall–Kier alpha value is -0.570. The van der Waals surface area contributed by atoms with Crippen molar-refractivity contribution in [3.05, 3.63) is 0 Å². The maximum Gasteiger partial charge on any atom is 0.222 e. The second-order valence-electron chi connectivity index (χ2n) is 7.33. The maximum absolute atomic E-state index is 12.5. The molecular formula is C17H32N2O. The van der Waals surface area contributed by atoms with Crippen LogP contribution in [-0.4, -0.2) is 37.0 Å². The van der Waals surface area contributed by atoms with Crippen LogP contribution in [-0.2, 0) is 4.79 Å². The largest absolute Gasteiger partial charge is 0.343 e. The molecule has 0 aliphatic carbocycles. The van der Waals surface area contributed by atoms with Crippen LogP contribution >= 0.6 is 0 Å². The summed E-state index contributed by atoms with van der Waals surface area (Å²) in [6, 6.07) is 0. The quantitative estimate of drug-likeness (QED) is 0.858. The minimum absolute atomic E-state index is 0.390. The van der Waals surface area contributed by atoms with Gasteiger partial charge in [-0.25, -0.2) is 0 Å². The van der Waals surface area contributed by atoms with Gasteiger partial charge in [-0.2, -0.15) is 0 Å². The molecule has 1 N–H and O–H groups in total. The van der Waals surface area contributed by atoms with E-state index in [0.717, 1.165) is 32.6 Å². The van der Waals surface area contributed by atoms with Gasteiger partial charge in [0.2, 0.25) is 5.91 Å². The molecule has 2 aliphatic rings. The predicted octanol–water partition coefficient (Wildman–Crippen LogP) is 3.05. The van der Waals surface area contributed by atoms with Crippen LogP contribution < -0.4 is 5.32 Å². The third-order valence-electron chi connectivity index (χ3n) is 5.81. The fourth-order valence-corrected chi connectivity index (χ4v) is 3.59. The second kappa shape index (κ2) is 6.93. The second-order valence-corrected chi connectivity index (χ2v) is 7.33. The summed E-state index contributed by atoms with van der Waals surface area (Å²) in [5.74, 6) is 1.61. The zero-order valence-corrected chi connectivity index (χ0v) is 13.6. The lowest BCUT2D eigenvalue weighted by Crippen LogP contribution is -2.43. The lowest BCUT2D eigenvalue weighted by molar-refractivity contribution is -0.134. The van der Waals surface area contributed by atoms with Crippen molar-refractivity contribution in [2.75, 3.05) is 26.2 Å². The molecule has 3 heteroatoms. The summed E-state index contributed by atoms with van der Waals surface area (Å²) in [6.07, 6.45) is 6.88. The number of hydrogen-bond donors (Lipinski definition) is 1. The summed E-state index contributed by atoms with van der Waals surface area (Å²) in [5, 5.41) is 3.46. The molecule has 0 spiro atoms. The molecule has 20 heavy (non-hydrogen) atoms. The third kappa shape index (κ3) is 3.97. The van der Waals surface area contributed by atoms with Crippen LogP contribution in [0.1, 0.15) is 59.3 Å². The Labute approximate surface area is 124 Å². The van der Waals surface area contributed by atoms with Gasteiger partial charge in [-0.1, -0.05) is 27.2 Å². The van der Waals surface area contributed by atoms with Gasteiger partial charge in [-0.3, -0.25) is 4.79 Å². The van der Waals surface area contributed by atoms with E-state index in [2.05, 4.69) is 31.0 Å². The minimum atomic E-state index is 0.390. The van der Waals surface area contributed by atoms with E-state index in [4.69, 9.17) is 0 Å². The maximum atomic E-state index is 12.5. The standard InChI is InChI=1S/C17H32N2O/c1-4-17(3)7-10-19(11-8-17)16(20)12-14(2)15-6-5-9-18-13-15/h14-15,18H,4-13H2,1-3H3. The molecular weight excluding hydrogens is 248 g/mol. The van der Waals surface area contributed by atoms with E-state index in [-0.39, 0.29) is 0 Å². The van der Waals surface area contributed by atoms with Gasteiger partial charge in [0, 0.05) is 19.5 Å². The molecule has 0 aromatic heterocycles. The smallest absolute Gasteiger partial charge is 0.222 e. The average molecular weight is 280 g/mol. The molecule has 2 fully saturated rings. The van der Waals surface area contributed by atoms with Gasteiger partial charge in [-0.05, 0) is 56.0 Å². The van der Waals surface area contributed by atoms with Gasteiger partial charge < -0.3 is 10.2 Å². The molecule has 2 atom stereocenters. The van der Waals surface area contributed by atoms with Gasteiger partial charge in [0.15, 0.2) is 0 Å². The Morgan fingerprint density at radius 1 is 1.40 bits per heavy atom. The van der Waals surface area contributed by atoms with Crippen molar-refractivity contribution in [2.24, 2.45) is 17.3 Å². The highest BCUT2D eigenvalue weighted by molar-refractivity contribution is 5.76. The van der Waals surface area contributed by atoms with Crippen molar-refractivity contribution in [1.82, 2.24) is 10.2 Å². The first kappa shape index (κ1) is 15.8. The Morgan fingerprint density at radius 2 is 2.10 bits per heavy atom. The van der Waals surface area contributed by atoms with E-state index in [1.807, 2.05) is 0 Å². The normalized spacial score (nSPS) is 28.1. The zero-order valence-electron chi connectivity index (χ0n) is 13.6. The van der Waals surface area contributed by atoms with Crippen molar-refractivity contribution in [3.8, 4) is 0 Å². The first-order valence-corrected chi connectivity index (χ1v) is 8.52. The summed E-state index contributed by atoms with van der Waals surface area (Å²) in [6.45, 7) is 11.1.